The third kappa shape index (κ3) is 7.78. The molecule has 0 aromatic rings. The number of halogens is 1. The summed E-state index contributed by atoms with van der Waals surface area (Å²) in [7, 11) is 0. The Bertz CT molecular complexity index is 194. The van der Waals surface area contributed by atoms with Crippen molar-refractivity contribution in [1.29, 1.82) is 0 Å². The number of hydrogen-bond acceptors (Lipinski definition) is 3. The predicted molar refractivity (Wildman–Crippen MR) is 50.5 cm³/mol. The van der Waals surface area contributed by atoms with Crippen molar-refractivity contribution in [3.8, 4) is 0 Å². The van der Waals surface area contributed by atoms with Gasteiger partial charge in [0.25, 0.3) is 0 Å². The smallest absolute Gasteiger partial charge is 0.314 e. The molecule has 0 aliphatic carbocycles. The van der Waals surface area contributed by atoms with Crippen LogP contribution in [0.3, 0.4) is 0 Å². The summed E-state index contributed by atoms with van der Waals surface area (Å²) in [5, 5.41) is 0. The van der Waals surface area contributed by atoms with E-state index in [4.69, 9.17) is 11.6 Å². The highest BCUT2D eigenvalue weighted by molar-refractivity contribution is 6.17. The maximum atomic E-state index is 11.2. The minimum Gasteiger partial charge on any atom is -0.449 e. The number of ketones is 1. The zero-order valence-electron chi connectivity index (χ0n) is 8.22. The third-order valence-electron chi connectivity index (χ3n) is 1.28. The van der Waals surface area contributed by atoms with E-state index in [1.807, 2.05) is 20.8 Å². The van der Waals surface area contributed by atoms with Gasteiger partial charge in [-0.1, -0.05) is 32.4 Å². The summed E-state index contributed by atoms with van der Waals surface area (Å²) in [6.45, 7) is 5.83. The zero-order chi connectivity index (χ0) is 10.5. The van der Waals surface area contributed by atoms with Crippen molar-refractivity contribution >= 4 is 23.4 Å². The lowest BCUT2D eigenvalue weighted by Crippen LogP contribution is -2.17. The van der Waals surface area contributed by atoms with Crippen LogP contribution in [0, 0.1) is 5.41 Å². The molecule has 0 unspecified atom stereocenters. The van der Waals surface area contributed by atoms with Crippen LogP contribution in [0.15, 0.2) is 0 Å². The van der Waals surface area contributed by atoms with Crippen molar-refractivity contribution in [3.05, 3.63) is 0 Å². The zero-order valence-corrected chi connectivity index (χ0v) is 8.98. The standard InChI is InChI=1S/C9H15ClO3/c1-9(2,3)5-7(11)4-8(12)13-6-10/h4-6H2,1-3H3. The average molecular weight is 207 g/mol. The SMILES string of the molecule is CC(C)(C)CC(=O)CC(=O)OCCl. The Morgan fingerprint density at radius 3 is 2.23 bits per heavy atom. The molecule has 0 aliphatic rings. The number of carbonyl (C=O) groups excluding carboxylic acids is 2. The van der Waals surface area contributed by atoms with Gasteiger partial charge in [0.15, 0.2) is 6.07 Å². The highest BCUT2D eigenvalue weighted by Crippen LogP contribution is 2.19. The normalized spacial score (nSPS) is 11.1. The van der Waals surface area contributed by atoms with E-state index in [2.05, 4.69) is 4.74 Å². The number of Topliss-reactive ketones (excluding diaryl/α,β-unsaturated/α-hetero) is 1. The molecule has 0 spiro atoms. The van der Waals surface area contributed by atoms with Gasteiger partial charge in [-0.05, 0) is 5.41 Å². The summed E-state index contributed by atoms with van der Waals surface area (Å²) in [6.07, 6.45) is 0.203. The van der Waals surface area contributed by atoms with Crippen LogP contribution >= 0.6 is 11.6 Å². The van der Waals surface area contributed by atoms with Crippen molar-refractivity contribution < 1.29 is 14.3 Å². The molecule has 0 amide bonds. The number of ether oxygens (including phenoxy) is 1. The molecule has 0 bridgehead atoms. The molecule has 0 aliphatic heterocycles. The maximum absolute atomic E-state index is 11.2. The number of rotatable bonds is 4. The second-order valence-corrected chi connectivity index (χ2v) is 4.30. The Balaban J connectivity index is 3.82. The minimum absolute atomic E-state index is 0.0850. The van der Waals surface area contributed by atoms with Gasteiger partial charge in [-0.3, -0.25) is 9.59 Å². The van der Waals surface area contributed by atoms with Crippen molar-refractivity contribution in [2.45, 2.75) is 33.6 Å². The van der Waals surface area contributed by atoms with Gasteiger partial charge in [-0.2, -0.15) is 0 Å². The molecule has 0 fully saturated rings. The van der Waals surface area contributed by atoms with Crippen LogP contribution in [0.5, 0.6) is 0 Å². The molecule has 0 rings (SSSR count). The Labute approximate surface area is 83.4 Å². The van der Waals surface area contributed by atoms with E-state index in [1.54, 1.807) is 0 Å². The van der Waals surface area contributed by atoms with Crippen molar-refractivity contribution in [2.75, 3.05) is 6.07 Å². The first-order valence-electron chi connectivity index (χ1n) is 4.08. The number of hydrogen-bond donors (Lipinski definition) is 0. The van der Waals surface area contributed by atoms with Crippen LogP contribution in [-0.2, 0) is 14.3 Å². The van der Waals surface area contributed by atoms with Crippen molar-refractivity contribution in [3.63, 3.8) is 0 Å². The summed E-state index contributed by atoms with van der Waals surface area (Å²) in [5.41, 5.74) is -0.0850. The average Bonchev–Trinajstić information content (AvgIpc) is 1.81. The molecule has 0 aromatic carbocycles. The molecular weight excluding hydrogens is 192 g/mol. The first-order chi connectivity index (χ1) is 5.85. The number of alkyl halides is 1. The molecule has 0 radical (unpaired) electrons. The Morgan fingerprint density at radius 1 is 1.31 bits per heavy atom. The molecule has 76 valence electrons. The lowest BCUT2D eigenvalue weighted by molar-refractivity contribution is -0.144. The monoisotopic (exact) mass is 206 g/mol. The number of esters is 1. The fourth-order valence-corrected chi connectivity index (χ4v) is 1.05. The fraction of sp³-hybridized carbons (Fsp3) is 0.778. The van der Waals surface area contributed by atoms with Crippen molar-refractivity contribution in [1.82, 2.24) is 0 Å². The first kappa shape index (κ1) is 12.4. The predicted octanol–water partition coefficient (Wildman–Crippen LogP) is 2.12. The van der Waals surface area contributed by atoms with Crippen LogP contribution in [-0.4, -0.2) is 17.8 Å². The molecule has 0 atom stereocenters. The number of carbonyl (C=O) groups is 2. The fourth-order valence-electron chi connectivity index (χ4n) is 0.927. The van der Waals surface area contributed by atoms with Gasteiger partial charge in [0.05, 0.1) is 0 Å². The van der Waals surface area contributed by atoms with Crippen LogP contribution in [0.25, 0.3) is 0 Å². The van der Waals surface area contributed by atoms with Gasteiger partial charge in [-0.15, -0.1) is 0 Å². The lowest BCUT2D eigenvalue weighted by Gasteiger charge is -2.15. The largest absolute Gasteiger partial charge is 0.449 e. The highest BCUT2D eigenvalue weighted by Gasteiger charge is 2.18. The second kappa shape index (κ2) is 5.22. The second-order valence-electron chi connectivity index (χ2n) is 4.08. The van der Waals surface area contributed by atoms with Gasteiger partial charge in [0, 0.05) is 6.42 Å². The quantitative estimate of drug-likeness (QED) is 0.402. The molecule has 0 saturated carbocycles. The van der Waals surface area contributed by atoms with E-state index in [0.29, 0.717) is 6.42 Å². The van der Waals surface area contributed by atoms with Crippen LogP contribution in [0.1, 0.15) is 33.6 Å². The minimum atomic E-state index is -0.552. The van der Waals surface area contributed by atoms with Crippen LogP contribution < -0.4 is 0 Å². The maximum Gasteiger partial charge on any atom is 0.314 e. The molecule has 0 heterocycles. The third-order valence-corrected chi connectivity index (χ3v) is 1.39. The van der Waals surface area contributed by atoms with Gasteiger partial charge < -0.3 is 4.74 Å². The topological polar surface area (TPSA) is 43.4 Å². The molecule has 0 saturated heterocycles. The molecule has 13 heavy (non-hydrogen) atoms. The van der Waals surface area contributed by atoms with E-state index in [0.717, 1.165) is 0 Å². The Hall–Kier alpha value is -0.570. The molecule has 4 heteroatoms. The lowest BCUT2D eigenvalue weighted by atomic mass is 9.89. The van der Waals surface area contributed by atoms with Gasteiger partial charge in [-0.25, -0.2) is 0 Å². The Kier molecular flexibility index (Phi) is 4.99. The van der Waals surface area contributed by atoms with E-state index in [1.165, 1.54) is 0 Å². The van der Waals surface area contributed by atoms with E-state index >= 15 is 0 Å². The van der Waals surface area contributed by atoms with Crippen LogP contribution in [0.4, 0.5) is 0 Å². The summed E-state index contributed by atoms with van der Waals surface area (Å²) >= 11 is 5.16. The molecular formula is C9H15ClO3. The highest BCUT2D eigenvalue weighted by atomic mass is 35.5. The van der Waals surface area contributed by atoms with Gasteiger partial charge >= 0.3 is 5.97 Å². The summed E-state index contributed by atoms with van der Waals surface area (Å²) < 4.78 is 4.43. The van der Waals surface area contributed by atoms with E-state index < -0.39 is 5.97 Å². The van der Waals surface area contributed by atoms with Gasteiger partial charge in [0.1, 0.15) is 12.2 Å². The molecule has 0 aromatic heterocycles. The summed E-state index contributed by atoms with van der Waals surface area (Å²) in [4.78, 5) is 22.0. The van der Waals surface area contributed by atoms with Gasteiger partial charge in [0.2, 0.25) is 0 Å². The Morgan fingerprint density at radius 2 is 1.85 bits per heavy atom. The molecule has 0 N–H and O–H groups in total. The molecule has 3 nitrogen and oxygen atoms in total. The summed E-state index contributed by atoms with van der Waals surface area (Å²) in [6, 6.07) is -0.193. The van der Waals surface area contributed by atoms with Crippen molar-refractivity contribution in [2.24, 2.45) is 5.41 Å². The van der Waals surface area contributed by atoms with E-state index in [9.17, 15) is 9.59 Å². The summed E-state index contributed by atoms with van der Waals surface area (Å²) in [5.74, 6) is -0.660. The van der Waals surface area contributed by atoms with E-state index in [-0.39, 0.29) is 23.7 Å². The van der Waals surface area contributed by atoms with Crippen LogP contribution in [0.2, 0.25) is 0 Å². The first-order valence-corrected chi connectivity index (χ1v) is 4.62.